The van der Waals surface area contributed by atoms with E-state index in [1.807, 2.05) is 25.1 Å². The number of aromatic nitrogens is 2. The molecule has 0 spiro atoms. The van der Waals surface area contributed by atoms with Crippen molar-refractivity contribution in [2.45, 2.75) is 32.0 Å². The number of hydrogen-bond donors (Lipinski definition) is 2. The number of anilines is 2. The Morgan fingerprint density at radius 1 is 1.34 bits per heavy atom. The third kappa shape index (κ3) is 4.04. The van der Waals surface area contributed by atoms with Crippen molar-refractivity contribution in [2.75, 3.05) is 43.5 Å². The van der Waals surface area contributed by atoms with Crippen LogP contribution in [0.2, 0.25) is 0 Å². The van der Waals surface area contributed by atoms with Crippen molar-refractivity contribution in [3.05, 3.63) is 41.9 Å². The fourth-order valence-corrected chi connectivity index (χ4v) is 3.55. The smallest absolute Gasteiger partial charge is 0.155 e. The molecule has 29 heavy (non-hydrogen) atoms. The summed E-state index contributed by atoms with van der Waals surface area (Å²) in [5, 5.41) is 8.70. The highest BCUT2D eigenvalue weighted by atomic mass is 16.6. The van der Waals surface area contributed by atoms with Crippen molar-refractivity contribution in [3.8, 4) is 5.75 Å². The molecule has 4 rings (SSSR count). The largest absolute Gasteiger partial charge is 0.482 e. The summed E-state index contributed by atoms with van der Waals surface area (Å²) in [7, 11) is 0. The number of hydrogen-bond acceptors (Lipinski definition) is 8. The van der Waals surface area contributed by atoms with Crippen molar-refractivity contribution >= 4 is 17.2 Å². The van der Waals surface area contributed by atoms with Crippen molar-refractivity contribution in [1.29, 1.82) is 5.41 Å². The van der Waals surface area contributed by atoms with Gasteiger partial charge >= 0.3 is 0 Å². The molecule has 1 atom stereocenters. The molecule has 1 aromatic carbocycles. The zero-order chi connectivity index (χ0) is 20.4. The minimum Gasteiger partial charge on any atom is -0.482 e. The van der Waals surface area contributed by atoms with E-state index in [-0.39, 0.29) is 17.4 Å². The lowest BCUT2D eigenvalue weighted by molar-refractivity contribution is -0.162. The molecule has 2 saturated heterocycles. The van der Waals surface area contributed by atoms with Crippen LogP contribution >= 0.6 is 0 Å². The fraction of sp³-hybridized carbons (Fsp3) is 0.476. The maximum absolute atomic E-state index is 8.70. The molecule has 1 aromatic heterocycles. The van der Waals surface area contributed by atoms with Gasteiger partial charge in [0.05, 0.1) is 37.3 Å². The highest BCUT2D eigenvalue weighted by Gasteiger charge is 2.39. The van der Waals surface area contributed by atoms with Crippen LogP contribution in [0.5, 0.6) is 5.75 Å². The minimum absolute atomic E-state index is 0.146. The first-order chi connectivity index (χ1) is 14.0. The molecule has 3 heterocycles. The molecule has 3 N–H and O–H groups in total. The van der Waals surface area contributed by atoms with Crippen LogP contribution in [0.1, 0.15) is 31.5 Å². The first-order valence-corrected chi connectivity index (χ1v) is 9.94. The molecular weight excluding hydrogens is 370 g/mol. The van der Waals surface area contributed by atoms with Gasteiger partial charge < -0.3 is 24.8 Å². The SMILES string of the molecule is CCC1(Oc2ccc(N)c(C(=N)c3cc(N4CCO[C@H](C)C4)ncn3)c2)COC1. The van der Waals surface area contributed by atoms with Gasteiger partial charge in [-0.1, -0.05) is 6.92 Å². The van der Waals surface area contributed by atoms with Gasteiger partial charge in [-0.25, -0.2) is 9.97 Å². The van der Waals surface area contributed by atoms with E-state index in [0.29, 0.717) is 42.5 Å². The molecule has 154 valence electrons. The van der Waals surface area contributed by atoms with Crippen molar-refractivity contribution in [1.82, 2.24) is 9.97 Å². The van der Waals surface area contributed by atoms with Gasteiger partial charge in [0.25, 0.3) is 0 Å². The first kappa shape index (κ1) is 19.6. The van der Waals surface area contributed by atoms with Crippen molar-refractivity contribution in [3.63, 3.8) is 0 Å². The highest BCUT2D eigenvalue weighted by Crippen LogP contribution is 2.31. The summed E-state index contributed by atoms with van der Waals surface area (Å²) in [5.41, 5.74) is 7.76. The summed E-state index contributed by atoms with van der Waals surface area (Å²) in [5.74, 6) is 1.47. The summed E-state index contributed by atoms with van der Waals surface area (Å²) in [4.78, 5) is 10.8. The molecule has 0 bridgehead atoms. The Bertz CT molecular complexity index is 894. The monoisotopic (exact) mass is 397 g/mol. The number of rotatable bonds is 6. The summed E-state index contributed by atoms with van der Waals surface area (Å²) in [6.45, 7) is 7.46. The highest BCUT2D eigenvalue weighted by molar-refractivity contribution is 6.13. The molecule has 2 aliphatic rings. The second kappa shape index (κ2) is 7.96. The molecular formula is C21H27N5O3. The third-order valence-electron chi connectivity index (χ3n) is 5.48. The average Bonchev–Trinajstić information content (AvgIpc) is 2.71. The molecule has 0 amide bonds. The Balaban J connectivity index is 1.58. The lowest BCUT2D eigenvalue weighted by Gasteiger charge is -2.40. The van der Waals surface area contributed by atoms with Crippen molar-refractivity contribution in [2.24, 2.45) is 0 Å². The van der Waals surface area contributed by atoms with Gasteiger partial charge in [-0.15, -0.1) is 0 Å². The molecule has 8 nitrogen and oxygen atoms in total. The van der Waals surface area contributed by atoms with E-state index in [9.17, 15) is 0 Å². The molecule has 0 unspecified atom stereocenters. The van der Waals surface area contributed by atoms with E-state index >= 15 is 0 Å². The second-order valence-corrected chi connectivity index (χ2v) is 7.64. The zero-order valence-corrected chi connectivity index (χ0v) is 16.9. The standard InChI is InChI=1S/C21H27N5O3/c1-3-21(11-27-12-21)29-15-4-5-17(22)16(8-15)20(23)18-9-19(25-13-24-18)26-6-7-28-14(2)10-26/h4-5,8-9,13-14,23H,3,6-7,10-12,22H2,1-2H3/t14-/m1/s1. The van der Waals surface area contributed by atoms with Gasteiger partial charge in [0, 0.05) is 30.4 Å². The van der Waals surface area contributed by atoms with Crippen LogP contribution in [0.25, 0.3) is 0 Å². The molecule has 0 saturated carbocycles. The van der Waals surface area contributed by atoms with Crippen LogP contribution in [0.3, 0.4) is 0 Å². The minimum atomic E-state index is -0.287. The normalized spacial score (nSPS) is 20.8. The molecule has 2 aromatic rings. The van der Waals surface area contributed by atoms with Crippen LogP contribution < -0.4 is 15.4 Å². The van der Waals surface area contributed by atoms with Crippen LogP contribution in [-0.4, -0.2) is 60.3 Å². The van der Waals surface area contributed by atoms with Crippen LogP contribution in [0, 0.1) is 5.41 Å². The molecule has 8 heteroatoms. The van der Waals surface area contributed by atoms with Gasteiger partial charge in [-0.3, -0.25) is 5.41 Å². The topological polar surface area (TPSA) is 107 Å². The molecule has 2 fully saturated rings. The number of morpholine rings is 1. The van der Waals surface area contributed by atoms with Gasteiger partial charge in [0.15, 0.2) is 5.60 Å². The van der Waals surface area contributed by atoms with Crippen LogP contribution in [-0.2, 0) is 9.47 Å². The molecule has 0 radical (unpaired) electrons. The maximum Gasteiger partial charge on any atom is 0.155 e. The third-order valence-corrected chi connectivity index (χ3v) is 5.48. The Morgan fingerprint density at radius 2 is 2.17 bits per heavy atom. The van der Waals surface area contributed by atoms with Crippen molar-refractivity contribution < 1.29 is 14.2 Å². The summed E-state index contributed by atoms with van der Waals surface area (Å²) in [6, 6.07) is 7.25. The summed E-state index contributed by atoms with van der Waals surface area (Å²) < 4.78 is 17.1. The predicted molar refractivity (Wildman–Crippen MR) is 111 cm³/mol. The van der Waals surface area contributed by atoms with Crippen LogP contribution in [0.15, 0.2) is 30.6 Å². The predicted octanol–water partition coefficient (Wildman–Crippen LogP) is 2.26. The van der Waals surface area contributed by atoms with E-state index in [2.05, 4.69) is 21.8 Å². The van der Waals surface area contributed by atoms with Gasteiger partial charge in [0.2, 0.25) is 0 Å². The number of nitrogens with two attached hydrogens (primary N) is 1. The average molecular weight is 397 g/mol. The zero-order valence-electron chi connectivity index (χ0n) is 16.9. The van der Waals surface area contributed by atoms with Gasteiger partial charge in [0.1, 0.15) is 17.9 Å². The lowest BCUT2D eigenvalue weighted by atomic mass is 9.98. The Kier molecular flexibility index (Phi) is 5.38. The Morgan fingerprint density at radius 3 is 2.86 bits per heavy atom. The van der Waals surface area contributed by atoms with E-state index in [4.69, 9.17) is 25.4 Å². The number of nitrogen functional groups attached to an aromatic ring is 1. The van der Waals surface area contributed by atoms with Crippen LogP contribution in [0.4, 0.5) is 11.5 Å². The summed E-state index contributed by atoms with van der Waals surface area (Å²) in [6.07, 6.45) is 2.50. The number of benzene rings is 1. The Labute approximate surface area is 170 Å². The number of ether oxygens (including phenoxy) is 3. The van der Waals surface area contributed by atoms with E-state index < -0.39 is 0 Å². The van der Waals surface area contributed by atoms with Gasteiger partial charge in [-0.2, -0.15) is 0 Å². The fourth-order valence-electron chi connectivity index (χ4n) is 3.55. The van der Waals surface area contributed by atoms with Gasteiger partial charge in [-0.05, 0) is 31.5 Å². The number of nitrogens with one attached hydrogen (secondary N) is 1. The number of nitrogens with zero attached hydrogens (tertiary/aromatic N) is 3. The second-order valence-electron chi connectivity index (χ2n) is 7.64. The summed E-state index contributed by atoms with van der Waals surface area (Å²) >= 11 is 0. The van der Waals surface area contributed by atoms with E-state index in [1.165, 1.54) is 6.33 Å². The maximum atomic E-state index is 8.70. The Hall–Kier alpha value is -2.71. The molecule has 2 aliphatic heterocycles. The molecule has 0 aliphatic carbocycles. The van der Waals surface area contributed by atoms with E-state index in [1.54, 1.807) is 6.07 Å². The quantitative estimate of drug-likeness (QED) is 0.569. The van der Waals surface area contributed by atoms with E-state index in [0.717, 1.165) is 25.3 Å². The first-order valence-electron chi connectivity index (χ1n) is 9.94. The lowest BCUT2D eigenvalue weighted by Crippen LogP contribution is -2.53.